The Morgan fingerprint density at radius 2 is 1.86 bits per heavy atom. The van der Waals surface area contributed by atoms with Crippen LogP contribution >= 0.6 is 0 Å². The van der Waals surface area contributed by atoms with Crippen LogP contribution in [0.25, 0.3) is 0 Å². The Labute approximate surface area is 125 Å². The summed E-state index contributed by atoms with van der Waals surface area (Å²) in [7, 11) is 3.52. The molecule has 4 nitrogen and oxygen atoms in total. The van der Waals surface area contributed by atoms with Crippen molar-refractivity contribution < 1.29 is 9.53 Å². The van der Waals surface area contributed by atoms with Crippen LogP contribution in [0.5, 0.6) is 5.75 Å². The minimum atomic E-state index is -0.0261. The van der Waals surface area contributed by atoms with Crippen LogP contribution in [0.4, 0.5) is 5.69 Å². The maximum absolute atomic E-state index is 12.0. The number of anilines is 1. The molecule has 2 aromatic carbocycles. The first kappa shape index (κ1) is 15.1. The zero-order valence-corrected chi connectivity index (χ0v) is 12.3. The molecule has 0 atom stereocenters. The molecule has 0 saturated heterocycles. The molecule has 0 bridgehead atoms. The Kier molecular flexibility index (Phi) is 5.35. The van der Waals surface area contributed by atoms with Gasteiger partial charge in [0.1, 0.15) is 5.75 Å². The predicted octanol–water partition coefficient (Wildman–Crippen LogP) is 2.60. The number of hydrogen-bond donors (Lipinski definition) is 2. The third-order valence-electron chi connectivity index (χ3n) is 3.12. The van der Waals surface area contributed by atoms with Gasteiger partial charge in [0.15, 0.2) is 0 Å². The van der Waals surface area contributed by atoms with E-state index in [-0.39, 0.29) is 5.91 Å². The summed E-state index contributed by atoms with van der Waals surface area (Å²) in [5, 5.41) is 6.01. The van der Waals surface area contributed by atoms with Crippen LogP contribution in [0.3, 0.4) is 0 Å². The topological polar surface area (TPSA) is 50.4 Å². The number of rotatable bonds is 6. The Morgan fingerprint density at radius 3 is 2.52 bits per heavy atom. The number of benzene rings is 2. The molecule has 2 aromatic rings. The van der Waals surface area contributed by atoms with Crippen molar-refractivity contribution >= 4 is 11.6 Å². The first-order valence-corrected chi connectivity index (χ1v) is 6.87. The molecule has 2 N–H and O–H groups in total. The molecular formula is C17H20N2O2. The van der Waals surface area contributed by atoms with Crippen LogP contribution < -0.4 is 15.4 Å². The van der Waals surface area contributed by atoms with Gasteiger partial charge in [-0.1, -0.05) is 24.3 Å². The smallest absolute Gasteiger partial charge is 0.228 e. The summed E-state index contributed by atoms with van der Waals surface area (Å²) in [6.45, 7) is 0.780. The van der Waals surface area contributed by atoms with E-state index in [2.05, 4.69) is 10.6 Å². The molecule has 0 aliphatic heterocycles. The molecule has 0 aliphatic carbocycles. The summed E-state index contributed by atoms with van der Waals surface area (Å²) < 4.78 is 5.10. The van der Waals surface area contributed by atoms with E-state index in [1.54, 1.807) is 7.11 Å². The highest BCUT2D eigenvalue weighted by Crippen LogP contribution is 2.14. The van der Waals surface area contributed by atoms with Crippen molar-refractivity contribution in [3.63, 3.8) is 0 Å². The normalized spacial score (nSPS) is 10.2. The second kappa shape index (κ2) is 7.45. The Morgan fingerprint density at radius 1 is 1.10 bits per heavy atom. The van der Waals surface area contributed by atoms with E-state index in [0.717, 1.165) is 29.1 Å². The lowest BCUT2D eigenvalue weighted by Gasteiger charge is -2.08. The average molecular weight is 284 g/mol. The van der Waals surface area contributed by atoms with Crippen molar-refractivity contribution in [2.75, 3.05) is 19.5 Å². The number of methoxy groups -OCH3 is 1. The molecule has 0 saturated carbocycles. The van der Waals surface area contributed by atoms with Gasteiger partial charge < -0.3 is 15.4 Å². The van der Waals surface area contributed by atoms with Gasteiger partial charge in [-0.2, -0.15) is 0 Å². The van der Waals surface area contributed by atoms with Crippen molar-refractivity contribution in [2.45, 2.75) is 13.0 Å². The van der Waals surface area contributed by atoms with Gasteiger partial charge in [0, 0.05) is 12.2 Å². The largest absolute Gasteiger partial charge is 0.497 e. The van der Waals surface area contributed by atoms with Gasteiger partial charge in [-0.05, 0) is 42.4 Å². The minimum absolute atomic E-state index is 0.0261. The van der Waals surface area contributed by atoms with Crippen molar-refractivity contribution in [3.05, 3.63) is 59.7 Å². The Bertz CT molecular complexity index is 594. The second-order valence-corrected chi connectivity index (χ2v) is 4.80. The molecule has 2 rings (SSSR count). The molecule has 0 radical (unpaired) electrons. The van der Waals surface area contributed by atoms with Crippen LogP contribution in [-0.4, -0.2) is 20.1 Å². The van der Waals surface area contributed by atoms with Gasteiger partial charge in [-0.25, -0.2) is 0 Å². The van der Waals surface area contributed by atoms with Gasteiger partial charge in [0.25, 0.3) is 0 Å². The highest BCUT2D eigenvalue weighted by atomic mass is 16.5. The van der Waals surface area contributed by atoms with Gasteiger partial charge in [-0.15, -0.1) is 0 Å². The molecule has 0 unspecified atom stereocenters. The van der Waals surface area contributed by atoms with Gasteiger partial charge in [0.2, 0.25) is 5.91 Å². The highest BCUT2D eigenvalue weighted by molar-refractivity contribution is 5.92. The molecule has 110 valence electrons. The van der Waals surface area contributed by atoms with Crippen LogP contribution in [0, 0.1) is 0 Å². The fourth-order valence-corrected chi connectivity index (χ4v) is 2.10. The molecule has 0 fully saturated rings. The van der Waals surface area contributed by atoms with E-state index in [1.807, 2.05) is 55.6 Å². The van der Waals surface area contributed by atoms with Crippen LogP contribution in [0.15, 0.2) is 48.5 Å². The number of nitrogens with one attached hydrogen (secondary N) is 2. The van der Waals surface area contributed by atoms with E-state index in [1.165, 1.54) is 0 Å². The molecule has 1 amide bonds. The highest BCUT2D eigenvalue weighted by Gasteiger charge is 2.05. The summed E-state index contributed by atoms with van der Waals surface area (Å²) >= 11 is 0. The molecule has 0 aromatic heterocycles. The summed E-state index contributed by atoms with van der Waals surface area (Å²) in [6, 6.07) is 15.3. The fraction of sp³-hybridized carbons (Fsp3) is 0.235. The summed E-state index contributed by atoms with van der Waals surface area (Å²) in [5.41, 5.74) is 2.92. The first-order valence-electron chi connectivity index (χ1n) is 6.87. The van der Waals surface area contributed by atoms with Crippen molar-refractivity contribution in [1.82, 2.24) is 5.32 Å². The number of carbonyl (C=O) groups excluding carboxylic acids is 1. The first-order chi connectivity index (χ1) is 10.2. The van der Waals surface area contributed by atoms with E-state index in [0.29, 0.717) is 6.42 Å². The molecule has 21 heavy (non-hydrogen) atoms. The molecular weight excluding hydrogens is 264 g/mol. The minimum Gasteiger partial charge on any atom is -0.497 e. The van der Waals surface area contributed by atoms with E-state index < -0.39 is 0 Å². The molecule has 0 spiro atoms. The third-order valence-corrected chi connectivity index (χ3v) is 3.12. The zero-order valence-electron chi connectivity index (χ0n) is 12.3. The maximum Gasteiger partial charge on any atom is 0.228 e. The number of ether oxygens (including phenoxy) is 1. The average Bonchev–Trinajstić information content (AvgIpc) is 2.48. The van der Waals surface area contributed by atoms with Crippen LogP contribution in [0.2, 0.25) is 0 Å². The number of hydrogen-bond acceptors (Lipinski definition) is 3. The van der Waals surface area contributed by atoms with Crippen LogP contribution in [0.1, 0.15) is 11.1 Å². The molecule has 0 heterocycles. The molecule has 0 aliphatic rings. The number of amides is 1. The predicted molar refractivity (Wildman–Crippen MR) is 84.5 cm³/mol. The quantitative estimate of drug-likeness (QED) is 0.857. The van der Waals surface area contributed by atoms with E-state index in [9.17, 15) is 4.79 Å². The van der Waals surface area contributed by atoms with Gasteiger partial charge in [0.05, 0.1) is 13.5 Å². The zero-order chi connectivity index (χ0) is 15.1. The van der Waals surface area contributed by atoms with E-state index in [4.69, 9.17) is 4.74 Å². The second-order valence-electron chi connectivity index (χ2n) is 4.80. The summed E-state index contributed by atoms with van der Waals surface area (Å²) in [6.07, 6.45) is 0.347. The van der Waals surface area contributed by atoms with Crippen molar-refractivity contribution in [3.8, 4) is 5.75 Å². The molecule has 4 heteroatoms. The van der Waals surface area contributed by atoms with Gasteiger partial charge >= 0.3 is 0 Å². The van der Waals surface area contributed by atoms with E-state index >= 15 is 0 Å². The van der Waals surface area contributed by atoms with Crippen molar-refractivity contribution in [2.24, 2.45) is 0 Å². The summed E-state index contributed by atoms with van der Waals surface area (Å²) in [5.74, 6) is 0.765. The lowest BCUT2D eigenvalue weighted by Crippen LogP contribution is -2.14. The fourth-order valence-electron chi connectivity index (χ4n) is 2.10. The lowest BCUT2D eigenvalue weighted by atomic mass is 10.1. The monoisotopic (exact) mass is 284 g/mol. The standard InChI is InChI=1S/C17H20N2O2/c1-18-12-14-4-3-5-15(10-14)19-17(20)11-13-6-8-16(21-2)9-7-13/h3-10,18H,11-12H2,1-2H3,(H,19,20). The lowest BCUT2D eigenvalue weighted by molar-refractivity contribution is -0.115. The van der Waals surface area contributed by atoms with Crippen molar-refractivity contribution in [1.29, 1.82) is 0 Å². The van der Waals surface area contributed by atoms with Gasteiger partial charge in [-0.3, -0.25) is 4.79 Å². The SMILES string of the molecule is CNCc1cccc(NC(=O)Cc2ccc(OC)cc2)c1. The Balaban J connectivity index is 1.95. The Hall–Kier alpha value is -2.33. The maximum atomic E-state index is 12.0. The summed E-state index contributed by atoms with van der Waals surface area (Å²) in [4.78, 5) is 12.0. The third kappa shape index (κ3) is 4.61. The number of carbonyl (C=O) groups is 1. The van der Waals surface area contributed by atoms with Crippen LogP contribution in [-0.2, 0) is 17.8 Å².